The summed E-state index contributed by atoms with van der Waals surface area (Å²) in [4.78, 5) is 4.42. The number of rotatable bonds is 4. The quantitative estimate of drug-likeness (QED) is 0.727. The fraction of sp³-hybridized carbons (Fsp3) is 0.400. The van der Waals surface area contributed by atoms with Gasteiger partial charge in [0.1, 0.15) is 0 Å². The molecule has 0 N–H and O–H groups in total. The van der Waals surface area contributed by atoms with Crippen molar-refractivity contribution in [3.05, 3.63) is 42.1 Å². The molecule has 1 unspecified atom stereocenters. The van der Waals surface area contributed by atoms with Gasteiger partial charge in [0.25, 0.3) is 0 Å². The Morgan fingerprint density at radius 3 is 2.75 bits per heavy atom. The average Bonchev–Trinajstić information content (AvgIpc) is 2.35. The molecule has 1 heterocycles. The Labute approximate surface area is 97.5 Å². The van der Waals surface area contributed by atoms with Crippen LogP contribution in [0.1, 0.15) is 44.6 Å². The molecule has 0 amide bonds. The lowest BCUT2D eigenvalue weighted by atomic mass is 9.89. The van der Waals surface area contributed by atoms with Crippen LogP contribution < -0.4 is 0 Å². The number of hydrogen-bond acceptors (Lipinski definition) is 1. The van der Waals surface area contributed by atoms with Crippen LogP contribution in [0, 0.1) is 0 Å². The molecule has 2 rings (SSSR count). The molecule has 1 aromatic carbocycles. The SMILES string of the molecule is CCCC(CC)c1cccc2ncccc12. The van der Waals surface area contributed by atoms with E-state index in [1.54, 1.807) is 0 Å². The molecule has 1 heteroatoms. The summed E-state index contributed by atoms with van der Waals surface area (Å²) in [6.07, 6.45) is 5.59. The Morgan fingerprint density at radius 1 is 1.12 bits per heavy atom. The van der Waals surface area contributed by atoms with E-state index in [1.165, 1.54) is 30.2 Å². The van der Waals surface area contributed by atoms with Crippen LogP contribution in [0.2, 0.25) is 0 Å². The third-order valence-corrected chi connectivity index (χ3v) is 3.25. The monoisotopic (exact) mass is 213 g/mol. The molecule has 0 radical (unpaired) electrons. The maximum absolute atomic E-state index is 4.42. The highest BCUT2D eigenvalue weighted by atomic mass is 14.6. The van der Waals surface area contributed by atoms with Gasteiger partial charge in [0, 0.05) is 11.6 Å². The standard InChI is InChI=1S/C15H19N/c1-3-7-12(4-2)13-8-5-10-15-14(13)9-6-11-16-15/h5-6,8-12H,3-4,7H2,1-2H3. The van der Waals surface area contributed by atoms with Gasteiger partial charge in [0.2, 0.25) is 0 Å². The van der Waals surface area contributed by atoms with Gasteiger partial charge in [-0.25, -0.2) is 0 Å². The highest BCUT2D eigenvalue weighted by molar-refractivity contribution is 5.82. The van der Waals surface area contributed by atoms with Crippen LogP contribution in [0.4, 0.5) is 0 Å². The van der Waals surface area contributed by atoms with Crippen LogP contribution in [-0.4, -0.2) is 4.98 Å². The minimum atomic E-state index is 0.679. The average molecular weight is 213 g/mol. The van der Waals surface area contributed by atoms with Crippen molar-refractivity contribution in [1.82, 2.24) is 4.98 Å². The maximum atomic E-state index is 4.42. The van der Waals surface area contributed by atoms with Crippen molar-refractivity contribution >= 4 is 10.9 Å². The second-order valence-corrected chi connectivity index (χ2v) is 4.31. The number of pyridine rings is 1. The number of nitrogens with zero attached hydrogens (tertiary/aromatic N) is 1. The van der Waals surface area contributed by atoms with Gasteiger partial charge in [-0.3, -0.25) is 4.98 Å². The molecule has 0 aliphatic rings. The number of hydrogen-bond donors (Lipinski definition) is 0. The number of benzene rings is 1. The first kappa shape index (κ1) is 11.1. The molecule has 0 bridgehead atoms. The number of aromatic nitrogens is 1. The second-order valence-electron chi connectivity index (χ2n) is 4.31. The van der Waals surface area contributed by atoms with Gasteiger partial charge in [-0.15, -0.1) is 0 Å². The molecule has 1 aromatic heterocycles. The van der Waals surface area contributed by atoms with Gasteiger partial charge in [0.15, 0.2) is 0 Å². The summed E-state index contributed by atoms with van der Waals surface area (Å²) in [5, 5.41) is 1.32. The summed E-state index contributed by atoms with van der Waals surface area (Å²) < 4.78 is 0. The van der Waals surface area contributed by atoms with E-state index in [9.17, 15) is 0 Å². The Balaban J connectivity index is 2.50. The molecule has 16 heavy (non-hydrogen) atoms. The summed E-state index contributed by atoms with van der Waals surface area (Å²) in [7, 11) is 0. The molecule has 1 nitrogen and oxygen atoms in total. The topological polar surface area (TPSA) is 12.9 Å². The van der Waals surface area contributed by atoms with Crippen LogP contribution in [0.15, 0.2) is 36.5 Å². The predicted molar refractivity (Wildman–Crippen MR) is 69.7 cm³/mol. The lowest BCUT2D eigenvalue weighted by Crippen LogP contribution is -1.98. The largest absolute Gasteiger partial charge is 0.256 e. The Bertz CT molecular complexity index is 456. The van der Waals surface area contributed by atoms with E-state index in [0.29, 0.717) is 5.92 Å². The highest BCUT2D eigenvalue weighted by Gasteiger charge is 2.11. The molecular formula is C15H19N. The molecule has 84 valence electrons. The van der Waals surface area contributed by atoms with E-state index in [-0.39, 0.29) is 0 Å². The molecule has 2 aromatic rings. The second kappa shape index (κ2) is 5.11. The van der Waals surface area contributed by atoms with Crippen molar-refractivity contribution in [3.63, 3.8) is 0 Å². The van der Waals surface area contributed by atoms with E-state index >= 15 is 0 Å². The summed E-state index contributed by atoms with van der Waals surface area (Å²) in [5.74, 6) is 0.679. The highest BCUT2D eigenvalue weighted by Crippen LogP contribution is 2.30. The fourth-order valence-corrected chi connectivity index (χ4v) is 2.41. The molecular weight excluding hydrogens is 194 g/mol. The maximum Gasteiger partial charge on any atom is 0.0704 e. The lowest BCUT2D eigenvalue weighted by molar-refractivity contribution is 0.599. The Hall–Kier alpha value is -1.37. The van der Waals surface area contributed by atoms with Crippen LogP contribution in [0.25, 0.3) is 10.9 Å². The molecule has 0 spiro atoms. The molecule has 0 aliphatic carbocycles. The summed E-state index contributed by atoms with van der Waals surface area (Å²) in [6.45, 7) is 4.53. The zero-order chi connectivity index (χ0) is 11.4. The minimum absolute atomic E-state index is 0.679. The summed E-state index contributed by atoms with van der Waals surface area (Å²) in [6, 6.07) is 10.7. The van der Waals surface area contributed by atoms with Crippen molar-refractivity contribution in [3.8, 4) is 0 Å². The van der Waals surface area contributed by atoms with E-state index in [1.807, 2.05) is 12.3 Å². The zero-order valence-electron chi connectivity index (χ0n) is 10.1. The predicted octanol–water partition coefficient (Wildman–Crippen LogP) is 4.53. The van der Waals surface area contributed by atoms with Crippen LogP contribution in [0.5, 0.6) is 0 Å². The van der Waals surface area contributed by atoms with Crippen LogP contribution in [0.3, 0.4) is 0 Å². The smallest absolute Gasteiger partial charge is 0.0704 e. The van der Waals surface area contributed by atoms with Gasteiger partial charge in [0.05, 0.1) is 5.52 Å². The first-order valence-corrected chi connectivity index (χ1v) is 6.20. The van der Waals surface area contributed by atoms with Gasteiger partial charge >= 0.3 is 0 Å². The van der Waals surface area contributed by atoms with Crippen molar-refractivity contribution in [1.29, 1.82) is 0 Å². The lowest BCUT2D eigenvalue weighted by Gasteiger charge is -2.16. The van der Waals surface area contributed by atoms with E-state index < -0.39 is 0 Å². The summed E-state index contributed by atoms with van der Waals surface area (Å²) in [5.41, 5.74) is 2.59. The van der Waals surface area contributed by atoms with Crippen molar-refractivity contribution in [2.24, 2.45) is 0 Å². The van der Waals surface area contributed by atoms with E-state index in [0.717, 1.165) is 5.52 Å². The number of fused-ring (bicyclic) bond motifs is 1. The third-order valence-electron chi connectivity index (χ3n) is 3.25. The first-order valence-electron chi connectivity index (χ1n) is 6.20. The van der Waals surface area contributed by atoms with Gasteiger partial charge in [-0.05, 0) is 36.5 Å². The van der Waals surface area contributed by atoms with Crippen molar-refractivity contribution < 1.29 is 0 Å². The van der Waals surface area contributed by atoms with Crippen molar-refractivity contribution in [2.75, 3.05) is 0 Å². The van der Waals surface area contributed by atoms with Crippen LogP contribution in [-0.2, 0) is 0 Å². The van der Waals surface area contributed by atoms with E-state index in [4.69, 9.17) is 0 Å². The summed E-state index contributed by atoms with van der Waals surface area (Å²) >= 11 is 0. The van der Waals surface area contributed by atoms with E-state index in [2.05, 4.69) is 43.1 Å². The Morgan fingerprint density at radius 2 is 2.00 bits per heavy atom. The van der Waals surface area contributed by atoms with Gasteiger partial charge in [-0.2, -0.15) is 0 Å². The molecule has 0 saturated heterocycles. The van der Waals surface area contributed by atoms with Gasteiger partial charge in [-0.1, -0.05) is 38.5 Å². The zero-order valence-corrected chi connectivity index (χ0v) is 10.1. The fourth-order valence-electron chi connectivity index (χ4n) is 2.41. The van der Waals surface area contributed by atoms with Crippen LogP contribution >= 0.6 is 0 Å². The first-order chi connectivity index (χ1) is 7.86. The van der Waals surface area contributed by atoms with Crippen molar-refractivity contribution in [2.45, 2.75) is 39.0 Å². The molecule has 0 aliphatic heterocycles. The molecule has 1 atom stereocenters. The molecule has 0 fully saturated rings. The molecule has 0 saturated carbocycles. The normalized spacial score (nSPS) is 12.9. The van der Waals surface area contributed by atoms with Gasteiger partial charge < -0.3 is 0 Å². The third kappa shape index (κ3) is 2.08. The Kier molecular flexibility index (Phi) is 3.55. The minimum Gasteiger partial charge on any atom is -0.256 e.